The monoisotopic (exact) mass is 1310 g/mol. The average Bonchev–Trinajstić information content (AvgIpc) is 1.68. The third kappa shape index (κ3) is 17.9. The van der Waals surface area contributed by atoms with Crippen LogP contribution in [-0.4, -0.2) is 111 Å². The number of rotatable bonds is 28. The van der Waals surface area contributed by atoms with Gasteiger partial charge in [0.1, 0.15) is 22.3 Å². The second-order valence-corrected chi connectivity index (χ2v) is 22.1. The van der Waals surface area contributed by atoms with Crippen molar-refractivity contribution in [3.63, 3.8) is 0 Å². The Bertz CT molecular complexity index is 3750. The number of hydrogen-bond donors (Lipinski definition) is 4. The Morgan fingerprint density at radius 2 is 0.835 bits per heavy atom. The van der Waals surface area contributed by atoms with E-state index in [1.807, 2.05) is 0 Å². The van der Waals surface area contributed by atoms with E-state index in [0.29, 0.717) is 155 Å². The van der Waals surface area contributed by atoms with E-state index >= 15 is 8.78 Å². The summed E-state index contributed by atoms with van der Waals surface area (Å²) in [5.74, 6) is -3.36. The van der Waals surface area contributed by atoms with Crippen LogP contribution in [0.1, 0.15) is 77.0 Å². The molecule has 20 nitrogen and oxygen atoms in total. The summed E-state index contributed by atoms with van der Waals surface area (Å²) in [5.41, 5.74) is -0.137. The molecular formula is C66H60CaCl2F2N6O14. The Morgan fingerprint density at radius 3 is 1.16 bits per heavy atom. The van der Waals surface area contributed by atoms with Crippen molar-refractivity contribution in [2.75, 3.05) is 48.7 Å². The molecule has 25 heteroatoms. The maximum absolute atomic E-state index is 15.2. The Kier molecular flexibility index (Phi) is 23.6. The number of aliphatic carboxylic acids is 2. The molecule has 468 valence electrons. The number of carboxylic acids is 2. The first-order valence-corrected chi connectivity index (χ1v) is 29.4. The van der Waals surface area contributed by atoms with E-state index in [9.17, 15) is 39.0 Å². The Morgan fingerprint density at radius 1 is 0.462 bits per heavy atom. The molecule has 0 unspecified atom stereocenters. The minimum Gasteiger partial charge on any atom is -0.550 e. The number of nitrogens with zero attached hydrogens (tertiary/aromatic N) is 2. The fourth-order valence-corrected chi connectivity index (χ4v) is 9.88. The second-order valence-electron chi connectivity index (χ2n) is 21.2. The number of benzene rings is 6. The van der Waals surface area contributed by atoms with E-state index in [0.717, 1.165) is 12.1 Å². The van der Waals surface area contributed by atoms with Crippen LogP contribution in [0.15, 0.2) is 134 Å². The van der Waals surface area contributed by atoms with Gasteiger partial charge in [0.05, 0.1) is 38.5 Å². The molecule has 2 aromatic heterocycles. The van der Waals surface area contributed by atoms with Gasteiger partial charge in [-0.3, -0.25) is 29.1 Å². The van der Waals surface area contributed by atoms with E-state index < -0.39 is 58.0 Å². The van der Waals surface area contributed by atoms with Crippen LogP contribution in [0.3, 0.4) is 0 Å². The van der Waals surface area contributed by atoms with Gasteiger partial charge in [0, 0.05) is 92.2 Å². The molecule has 8 aromatic rings. The van der Waals surface area contributed by atoms with Crippen LogP contribution in [0.2, 0.25) is 10.0 Å². The van der Waals surface area contributed by atoms with Gasteiger partial charge in [-0.2, -0.15) is 0 Å². The zero-order chi connectivity index (χ0) is 64.0. The average molecular weight is 1310 g/mol. The number of amides is 4. The third-order valence-electron chi connectivity index (χ3n) is 14.8. The Labute approximate surface area is 561 Å². The molecule has 4 N–H and O–H groups in total. The molecule has 0 spiro atoms. The van der Waals surface area contributed by atoms with Crippen LogP contribution in [0.5, 0.6) is 46.0 Å². The molecule has 6 aromatic carbocycles. The molecule has 0 aliphatic heterocycles. The van der Waals surface area contributed by atoms with Crippen LogP contribution >= 0.6 is 23.2 Å². The van der Waals surface area contributed by atoms with Crippen molar-refractivity contribution in [3.8, 4) is 46.0 Å². The van der Waals surface area contributed by atoms with Gasteiger partial charge in [0.2, 0.25) is 23.6 Å². The summed E-state index contributed by atoms with van der Waals surface area (Å²) in [6, 6.07) is 31.2. The molecule has 2 aliphatic carbocycles. The molecule has 2 fully saturated rings. The number of aromatic nitrogens is 2. The third-order valence-corrected chi connectivity index (χ3v) is 15.2. The van der Waals surface area contributed by atoms with Gasteiger partial charge in [-0.05, 0) is 162 Å². The molecule has 0 bridgehead atoms. The van der Waals surface area contributed by atoms with Crippen molar-refractivity contribution < 1.29 is 76.2 Å². The summed E-state index contributed by atoms with van der Waals surface area (Å²) in [7, 11) is 2.98. The van der Waals surface area contributed by atoms with Crippen molar-refractivity contribution >= 4 is 141 Å². The van der Waals surface area contributed by atoms with Crippen molar-refractivity contribution in [1.82, 2.24) is 9.97 Å². The number of fused-ring (bicyclic) bond motifs is 2. The predicted molar refractivity (Wildman–Crippen MR) is 334 cm³/mol. The fraction of sp³-hybridized carbons (Fsp3) is 0.273. The first kappa shape index (κ1) is 68.4. The maximum Gasteiger partial charge on any atom is 2.00 e. The standard InChI is InChI=1S/2C33H31ClFN3O7.Ca/c2*1-43-28-18-23-25(19-29(28)44-15-4-2-3-8-30(39)40)36-14-11-26(23)45-27-10-9-22(17-24(27)35)38-32(42)33(12-13-33)31(41)37-21-7-5-6-20(34)16-21;/h2*5-7,9-11,14,16-19H,2-4,8,12-13,15H2,1H3,(H,37,41)(H,38,42)(H,39,40);/q;;+2/p-2. The van der Waals surface area contributed by atoms with Gasteiger partial charge in [-0.1, -0.05) is 35.3 Å². The number of carbonyl (C=O) groups excluding carboxylic acids is 6. The molecule has 0 saturated heterocycles. The van der Waals surface area contributed by atoms with Gasteiger partial charge in [-0.15, -0.1) is 0 Å². The van der Waals surface area contributed by atoms with E-state index in [2.05, 4.69) is 31.2 Å². The van der Waals surface area contributed by atoms with Crippen molar-refractivity contribution in [2.24, 2.45) is 10.8 Å². The zero-order valence-corrected chi connectivity index (χ0v) is 53.2. The second kappa shape index (κ2) is 31.5. The van der Waals surface area contributed by atoms with E-state index in [1.165, 1.54) is 50.9 Å². The molecule has 2 saturated carbocycles. The summed E-state index contributed by atoms with van der Waals surface area (Å²) in [4.78, 5) is 81.8. The number of unbranched alkanes of at least 4 members (excludes halogenated alkanes) is 4. The predicted octanol–water partition coefficient (Wildman–Crippen LogP) is 11.4. The SMILES string of the molecule is COc1cc2c(Oc3ccc(NC(=O)C4(C(=O)Nc5cccc(Cl)c5)CC4)cc3F)ccnc2cc1OCCCCCC(=O)[O-].COc1cc2c(Oc3ccc(NC(=O)C4(C(=O)Nc5cccc(Cl)c5)CC4)cc3F)ccnc2cc1OCCCCCC(=O)[O-].[Ca+2]. The van der Waals surface area contributed by atoms with Crippen LogP contribution in [0.4, 0.5) is 31.5 Å². The molecule has 2 aliphatic rings. The molecule has 91 heavy (non-hydrogen) atoms. The van der Waals surface area contributed by atoms with Crippen molar-refractivity contribution in [1.29, 1.82) is 0 Å². The van der Waals surface area contributed by atoms with Crippen LogP contribution in [-0.2, 0) is 28.8 Å². The number of carboxylic acid groups (broad SMARTS) is 2. The normalized spacial score (nSPS) is 13.0. The minimum atomic E-state index is -1.25. The first-order chi connectivity index (χ1) is 43.4. The number of hydrogen-bond acceptors (Lipinski definition) is 16. The number of anilines is 4. The number of nitrogens with one attached hydrogen (secondary N) is 4. The first-order valence-electron chi connectivity index (χ1n) is 28.7. The van der Waals surface area contributed by atoms with Crippen LogP contribution in [0.25, 0.3) is 21.8 Å². The molecule has 4 amide bonds. The van der Waals surface area contributed by atoms with Gasteiger partial charge in [0.15, 0.2) is 46.1 Å². The topological polar surface area (TPSA) is 278 Å². The number of pyridine rings is 2. The quantitative estimate of drug-likeness (QED) is 0.0201. The van der Waals surface area contributed by atoms with Gasteiger partial charge in [0.25, 0.3) is 0 Å². The summed E-state index contributed by atoms with van der Waals surface area (Å²) in [6.45, 7) is 0.708. The minimum absolute atomic E-state index is 0. The summed E-state index contributed by atoms with van der Waals surface area (Å²) < 4.78 is 64.9. The molecule has 10 rings (SSSR count). The number of carbonyl (C=O) groups is 6. The Hall–Kier alpha value is -8.54. The molecular weight excluding hydrogens is 1250 g/mol. The van der Waals surface area contributed by atoms with E-state index in [4.69, 9.17) is 51.6 Å². The van der Waals surface area contributed by atoms with E-state index in [1.54, 1.807) is 84.9 Å². The van der Waals surface area contributed by atoms with Crippen LogP contribution in [0, 0.1) is 22.5 Å². The number of halogens is 4. The summed E-state index contributed by atoms with van der Waals surface area (Å²) in [5, 5.41) is 33.9. The van der Waals surface area contributed by atoms with Crippen molar-refractivity contribution in [2.45, 2.75) is 77.0 Å². The summed E-state index contributed by atoms with van der Waals surface area (Å²) >= 11 is 12.0. The Balaban J connectivity index is 0.000000232. The maximum atomic E-state index is 15.2. The zero-order valence-electron chi connectivity index (χ0n) is 49.4. The largest absolute Gasteiger partial charge is 2.00 e. The number of methoxy groups -OCH3 is 2. The fourth-order valence-electron chi connectivity index (χ4n) is 9.50. The molecule has 2 heterocycles. The van der Waals surface area contributed by atoms with Gasteiger partial charge >= 0.3 is 37.7 Å². The number of ether oxygens (including phenoxy) is 6. The van der Waals surface area contributed by atoms with Gasteiger partial charge < -0.3 is 69.5 Å². The van der Waals surface area contributed by atoms with Crippen molar-refractivity contribution in [3.05, 3.63) is 155 Å². The summed E-state index contributed by atoms with van der Waals surface area (Å²) in [6.07, 6.45) is 8.19. The van der Waals surface area contributed by atoms with Crippen LogP contribution < -0.4 is 59.9 Å². The smallest absolute Gasteiger partial charge is 0.550 e. The van der Waals surface area contributed by atoms with Gasteiger partial charge in [-0.25, -0.2) is 8.78 Å². The molecule has 0 radical (unpaired) electrons. The van der Waals surface area contributed by atoms with E-state index in [-0.39, 0.29) is 73.5 Å². The molecule has 0 atom stereocenters.